The Bertz CT molecular complexity index is 1250. The minimum Gasteiger partial charge on any atom is -0.322 e. The van der Waals surface area contributed by atoms with Gasteiger partial charge in [0.05, 0.1) is 20.5 Å². The molecular weight excluding hydrogens is 453 g/mol. The maximum Gasteiger partial charge on any atom is 0.283 e. The van der Waals surface area contributed by atoms with Crippen LogP contribution in [0.5, 0.6) is 0 Å². The molecule has 0 atom stereocenters. The molecule has 0 aliphatic carbocycles. The molecule has 0 aromatic heterocycles. The van der Waals surface area contributed by atoms with Gasteiger partial charge in [-0.3, -0.25) is 19.6 Å². The van der Waals surface area contributed by atoms with E-state index in [9.17, 15) is 23.3 Å². The van der Waals surface area contributed by atoms with Crippen LogP contribution in [-0.4, -0.2) is 19.2 Å². The van der Waals surface area contributed by atoms with Gasteiger partial charge >= 0.3 is 0 Å². The zero-order valence-electron chi connectivity index (χ0n) is 15.0. The highest BCUT2D eigenvalue weighted by atomic mass is 35.5. The van der Waals surface area contributed by atoms with E-state index in [0.29, 0.717) is 0 Å². The number of hydrogen-bond acceptors (Lipinski definition) is 5. The number of anilines is 2. The van der Waals surface area contributed by atoms with Gasteiger partial charge in [-0.2, -0.15) is 0 Å². The quantitative estimate of drug-likeness (QED) is 0.394. The number of para-hydroxylation sites is 1. The number of carbonyl (C=O) groups is 1. The molecule has 0 fully saturated rings. The Hall–Kier alpha value is -3.14. The normalized spacial score (nSPS) is 11.0. The summed E-state index contributed by atoms with van der Waals surface area (Å²) in [5.41, 5.74) is -0.354. The van der Waals surface area contributed by atoms with E-state index in [4.69, 9.17) is 23.2 Å². The molecule has 8 nitrogen and oxygen atoms in total. The van der Waals surface area contributed by atoms with E-state index in [-0.39, 0.29) is 31.9 Å². The molecule has 154 valence electrons. The molecule has 0 spiro atoms. The lowest BCUT2D eigenvalue weighted by Crippen LogP contribution is -2.16. The van der Waals surface area contributed by atoms with E-state index in [0.717, 1.165) is 6.07 Å². The Morgan fingerprint density at radius 3 is 2.40 bits per heavy atom. The highest BCUT2D eigenvalue weighted by Gasteiger charge is 2.22. The van der Waals surface area contributed by atoms with Gasteiger partial charge in [0, 0.05) is 16.8 Å². The van der Waals surface area contributed by atoms with Crippen molar-refractivity contribution < 1.29 is 18.1 Å². The summed E-state index contributed by atoms with van der Waals surface area (Å²) in [6, 6.07) is 15.4. The van der Waals surface area contributed by atoms with E-state index >= 15 is 0 Å². The fourth-order valence-electron chi connectivity index (χ4n) is 2.53. The maximum absolute atomic E-state index is 12.7. The number of amides is 1. The van der Waals surface area contributed by atoms with Crippen molar-refractivity contribution in [2.24, 2.45) is 0 Å². The summed E-state index contributed by atoms with van der Waals surface area (Å²) in [7, 11) is -4.00. The molecule has 1 amide bonds. The van der Waals surface area contributed by atoms with Crippen molar-refractivity contribution in [1.82, 2.24) is 0 Å². The second-order valence-electron chi connectivity index (χ2n) is 5.99. The predicted molar refractivity (Wildman–Crippen MR) is 115 cm³/mol. The number of benzene rings is 3. The molecule has 0 saturated carbocycles. The van der Waals surface area contributed by atoms with Crippen LogP contribution in [0.3, 0.4) is 0 Å². The fourth-order valence-corrected chi connectivity index (χ4v) is 4.07. The lowest BCUT2D eigenvalue weighted by molar-refractivity contribution is -0.385. The number of nitro groups is 1. The van der Waals surface area contributed by atoms with E-state index in [2.05, 4.69) is 10.0 Å². The van der Waals surface area contributed by atoms with Gasteiger partial charge in [-0.05, 0) is 42.5 Å². The summed E-state index contributed by atoms with van der Waals surface area (Å²) < 4.78 is 27.7. The number of rotatable bonds is 6. The lowest BCUT2D eigenvalue weighted by Gasteiger charge is -2.11. The smallest absolute Gasteiger partial charge is 0.283 e. The molecule has 0 radical (unpaired) electrons. The molecule has 0 bridgehead atoms. The number of nitro benzene ring substituents is 1. The van der Waals surface area contributed by atoms with Crippen molar-refractivity contribution in [2.75, 3.05) is 10.0 Å². The number of nitrogens with zero attached hydrogens (tertiary/aromatic N) is 1. The molecule has 30 heavy (non-hydrogen) atoms. The van der Waals surface area contributed by atoms with Crippen molar-refractivity contribution in [1.29, 1.82) is 0 Å². The molecule has 0 aliphatic rings. The zero-order valence-corrected chi connectivity index (χ0v) is 17.3. The van der Waals surface area contributed by atoms with Crippen molar-refractivity contribution in [2.45, 2.75) is 4.90 Å². The monoisotopic (exact) mass is 465 g/mol. The van der Waals surface area contributed by atoms with Crippen molar-refractivity contribution in [3.05, 3.63) is 92.5 Å². The minimum absolute atomic E-state index is 0.108. The van der Waals surface area contributed by atoms with Gasteiger partial charge in [-0.25, -0.2) is 8.42 Å². The molecule has 0 saturated heterocycles. The van der Waals surface area contributed by atoms with E-state index in [1.807, 2.05) is 0 Å². The molecule has 3 aromatic carbocycles. The molecule has 3 aromatic rings. The SMILES string of the molecule is O=C(Nc1cccc(S(=O)(=O)Nc2ccccc2Cl)c1)c1ccc(Cl)cc1[N+](=O)[O-]. The van der Waals surface area contributed by atoms with Crippen LogP contribution in [0.2, 0.25) is 10.0 Å². The first kappa shape index (κ1) is 21.6. The number of carbonyl (C=O) groups excluding carboxylic acids is 1. The fraction of sp³-hybridized carbons (Fsp3) is 0. The van der Waals surface area contributed by atoms with Gasteiger partial charge in [0.2, 0.25) is 0 Å². The number of hydrogen-bond donors (Lipinski definition) is 2. The van der Waals surface area contributed by atoms with Crippen LogP contribution in [0.25, 0.3) is 0 Å². The second-order valence-corrected chi connectivity index (χ2v) is 8.51. The third-order valence-electron chi connectivity index (χ3n) is 3.92. The molecule has 11 heteroatoms. The average Bonchev–Trinajstić information content (AvgIpc) is 2.69. The Morgan fingerprint density at radius 2 is 1.70 bits per heavy atom. The number of halogens is 2. The largest absolute Gasteiger partial charge is 0.322 e. The van der Waals surface area contributed by atoms with Gasteiger partial charge in [0.1, 0.15) is 5.56 Å². The molecule has 2 N–H and O–H groups in total. The topological polar surface area (TPSA) is 118 Å². The van der Waals surface area contributed by atoms with Gasteiger partial charge in [0.15, 0.2) is 0 Å². The van der Waals surface area contributed by atoms with E-state index < -0.39 is 26.5 Å². The summed E-state index contributed by atoms with van der Waals surface area (Å²) in [6.45, 7) is 0. The van der Waals surface area contributed by atoms with Crippen molar-refractivity contribution >= 4 is 56.2 Å². The summed E-state index contributed by atoms with van der Waals surface area (Å²) >= 11 is 11.7. The Morgan fingerprint density at radius 1 is 0.967 bits per heavy atom. The summed E-state index contributed by atoms with van der Waals surface area (Å²) in [5, 5.41) is 14.0. The highest BCUT2D eigenvalue weighted by molar-refractivity contribution is 7.92. The Balaban J connectivity index is 1.87. The van der Waals surface area contributed by atoms with Crippen LogP contribution in [-0.2, 0) is 10.0 Å². The van der Waals surface area contributed by atoms with Crippen LogP contribution in [0.4, 0.5) is 17.1 Å². The van der Waals surface area contributed by atoms with Crippen molar-refractivity contribution in [3.63, 3.8) is 0 Å². The van der Waals surface area contributed by atoms with Crippen LogP contribution < -0.4 is 10.0 Å². The third kappa shape index (κ3) is 4.88. The summed E-state index contributed by atoms with van der Waals surface area (Å²) in [5.74, 6) is -0.785. The van der Waals surface area contributed by atoms with Gasteiger partial charge in [-0.1, -0.05) is 41.4 Å². The van der Waals surface area contributed by atoms with Crippen LogP contribution in [0.1, 0.15) is 10.4 Å². The maximum atomic E-state index is 12.7. The highest BCUT2D eigenvalue weighted by Crippen LogP contribution is 2.27. The standard InChI is InChI=1S/C19H13Cl2N3O5S/c20-12-8-9-15(18(10-12)24(26)27)19(25)22-13-4-3-5-14(11-13)30(28,29)23-17-7-2-1-6-16(17)21/h1-11,23H,(H,22,25). The molecule has 0 aliphatic heterocycles. The molecular formula is C19H13Cl2N3O5S. The first-order chi connectivity index (χ1) is 14.2. The van der Waals surface area contributed by atoms with Crippen LogP contribution in [0.15, 0.2) is 71.6 Å². The van der Waals surface area contributed by atoms with E-state index in [1.165, 1.54) is 48.5 Å². The first-order valence-corrected chi connectivity index (χ1v) is 10.5. The molecule has 3 rings (SSSR count). The van der Waals surface area contributed by atoms with Crippen LogP contribution in [0, 0.1) is 10.1 Å². The second kappa shape index (κ2) is 8.70. The Labute approximate surface area is 181 Å². The van der Waals surface area contributed by atoms with Crippen molar-refractivity contribution in [3.8, 4) is 0 Å². The van der Waals surface area contributed by atoms with Crippen LogP contribution >= 0.6 is 23.2 Å². The average molecular weight is 466 g/mol. The number of sulfonamides is 1. The molecule has 0 unspecified atom stereocenters. The number of nitrogens with one attached hydrogen (secondary N) is 2. The predicted octanol–water partition coefficient (Wildman–Crippen LogP) is 4.95. The first-order valence-electron chi connectivity index (χ1n) is 8.30. The third-order valence-corrected chi connectivity index (χ3v) is 5.85. The van der Waals surface area contributed by atoms with Gasteiger partial charge in [-0.15, -0.1) is 0 Å². The summed E-state index contributed by atoms with van der Waals surface area (Å²) in [4.78, 5) is 22.8. The molecule has 0 heterocycles. The van der Waals surface area contributed by atoms with E-state index in [1.54, 1.807) is 12.1 Å². The Kier molecular flexibility index (Phi) is 6.25. The summed E-state index contributed by atoms with van der Waals surface area (Å²) in [6.07, 6.45) is 0. The lowest BCUT2D eigenvalue weighted by atomic mass is 10.1. The van der Waals surface area contributed by atoms with Gasteiger partial charge < -0.3 is 5.32 Å². The zero-order chi connectivity index (χ0) is 21.9. The minimum atomic E-state index is -4.00. The van der Waals surface area contributed by atoms with Gasteiger partial charge in [0.25, 0.3) is 21.6 Å².